The molecule has 1 N–H and O–H groups in total. The molecule has 1 aliphatic rings. The van der Waals surface area contributed by atoms with Crippen LogP contribution in [0.2, 0.25) is 10.0 Å². The average Bonchev–Trinajstić information content (AvgIpc) is 2.84. The van der Waals surface area contributed by atoms with Gasteiger partial charge < -0.3 is 10.2 Å². The maximum atomic E-state index is 12.1. The molecule has 2 amide bonds. The lowest BCUT2D eigenvalue weighted by atomic mass is 10.1. The Morgan fingerprint density at radius 1 is 1.43 bits per heavy atom. The number of nitrogens with zero attached hydrogens (tertiary/aromatic N) is 1. The molecule has 1 heterocycles. The molecule has 0 aromatic heterocycles. The van der Waals surface area contributed by atoms with Crippen molar-refractivity contribution in [2.45, 2.75) is 26.2 Å². The third-order valence-corrected chi connectivity index (χ3v) is 4.08. The second-order valence-corrected chi connectivity index (χ2v) is 5.99. The summed E-state index contributed by atoms with van der Waals surface area (Å²) in [6.45, 7) is 3.06. The molecule has 0 bridgehead atoms. The van der Waals surface area contributed by atoms with Crippen LogP contribution in [0.15, 0.2) is 18.2 Å². The minimum atomic E-state index is -0.329. The van der Waals surface area contributed by atoms with E-state index in [1.807, 2.05) is 0 Å². The van der Waals surface area contributed by atoms with Gasteiger partial charge in [-0.25, -0.2) is 0 Å². The molecule has 6 heteroatoms. The topological polar surface area (TPSA) is 49.4 Å². The first-order chi connectivity index (χ1) is 10.0. The van der Waals surface area contributed by atoms with E-state index in [-0.39, 0.29) is 24.2 Å². The monoisotopic (exact) mass is 328 g/mol. The van der Waals surface area contributed by atoms with Crippen molar-refractivity contribution < 1.29 is 9.59 Å². The first-order valence-corrected chi connectivity index (χ1v) is 7.81. The van der Waals surface area contributed by atoms with E-state index < -0.39 is 0 Å². The second kappa shape index (κ2) is 7.14. The molecule has 0 aliphatic carbocycles. The highest BCUT2D eigenvalue weighted by molar-refractivity contribution is 6.35. The average molecular weight is 329 g/mol. The fourth-order valence-electron chi connectivity index (χ4n) is 2.34. The summed E-state index contributed by atoms with van der Waals surface area (Å²) in [5.41, 5.74) is 0.568. The van der Waals surface area contributed by atoms with Gasteiger partial charge in [0.15, 0.2) is 0 Å². The zero-order valence-corrected chi connectivity index (χ0v) is 13.4. The van der Waals surface area contributed by atoms with Gasteiger partial charge in [-0.15, -0.1) is 0 Å². The van der Waals surface area contributed by atoms with Gasteiger partial charge >= 0.3 is 0 Å². The molecule has 1 aromatic rings. The quantitative estimate of drug-likeness (QED) is 0.843. The number of hydrogen-bond acceptors (Lipinski definition) is 2. The highest BCUT2D eigenvalue weighted by Crippen LogP contribution is 2.33. The van der Waals surface area contributed by atoms with Crippen molar-refractivity contribution in [2.75, 3.05) is 18.0 Å². The third-order valence-electron chi connectivity index (χ3n) is 3.52. The van der Waals surface area contributed by atoms with Gasteiger partial charge in [0.25, 0.3) is 0 Å². The number of carbonyl (C=O) groups is 2. The Bertz CT molecular complexity index is 548. The number of halogens is 2. The van der Waals surface area contributed by atoms with Crippen LogP contribution in [0.3, 0.4) is 0 Å². The highest BCUT2D eigenvalue weighted by atomic mass is 35.5. The van der Waals surface area contributed by atoms with E-state index >= 15 is 0 Å². The molecule has 0 spiro atoms. The van der Waals surface area contributed by atoms with Crippen molar-refractivity contribution in [3.8, 4) is 0 Å². The molecule has 0 saturated carbocycles. The van der Waals surface area contributed by atoms with Crippen LogP contribution < -0.4 is 10.2 Å². The number of unbranched alkanes of at least 4 members (excludes halogenated alkanes) is 1. The predicted molar refractivity (Wildman–Crippen MR) is 84.8 cm³/mol. The summed E-state index contributed by atoms with van der Waals surface area (Å²) in [7, 11) is 0. The van der Waals surface area contributed by atoms with E-state index in [0.29, 0.717) is 28.8 Å². The van der Waals surface area contributed by atoms with Crippen LogP contribution in [-0.2, 0) is 9.59 Å². The summed E-state index contributed by atoms with van der Waals surface area (Å²) in [6.07, 6.45) is 2.17. The van der Waals surface area contributed by atoms with Crippen LogP contribution in [0.25, 0.3) is 0 Å². The molecule has 1 aromatic carbocycles. The summed E-state index contributed by atoms with van der Waals surface area (Å²) in [4.78, 5) is 25.7. The van der Waals surface area contributed by atoms with Crippen LogP contribution in [0.4, 0.5) is 5.69 Å². The molecule has 21 heavy (non-hydrogen) atoms. The van der Waals surface area contributed by atoms with Gasteiger partial charge in [-0.2, -0.15) is 0 Å². The Morgan fingerprint density at radius 2 is 2.19 bits per heavy atom. The highest BCUT2D eigenvalue weighted by Gasteiger charge is 2.35. The SMILES string of the molecule is CCCCNC(=O)C1CC(=O)N(c2cc(Cl)ccc2Cl)C1. The molecule has 2 rings (SSSR count). The largest absolute Gasteiger partial charge is 0.356 e. The van der Waals surface area contributed by atoms with E-state index in [9.17, 15) is 9.59 Å². The summed E-state index contributed by atoms with van der Waals surface area (Å²) >= 11 is 12.1. The van der Waals surface area contributed by atoms with Gasteiger partial charge in [0.1, 0.15) is 0 Å². The van der Waals surface area contributed by atoms with Crippen molar-refractivity contribution in [1.82, 2.24) is 5.32 Å². The van der Waals surface area contributed by atoms with E-state index in [4.69, 9.17) is 23.2 Å². The summed E-state index contributed by atoms with van der Waals surface area (Å²) in [6, 6.07) is 4.98. The van der Waals surface area contributed by atoms with Crippen LogP contribution >= 0.6 is 23.2 Å². The normalized spacial score (nSPS) is 18.1. The fraction of sp³-hybridized carbons (Fsp3) is 0.467. The number of amides is 2. The molecule has 1 aliphatic heterocycles. The Kier molecular flexibility index (Phi) is 5.48. The number of hydrogen-bond donors (Lipinski definition) is 1. The van der Waals surface area contributed by atoms with E-state index in [1.165, 1.54) is 4.90 Å². The van der Waals surface area contributed by atoms with Gasteiger partial charge in [-0.1, -0.05) is 36.5 Å². The van der Waals surface area contributed by atoms with E-state index in [0.717, 1.165) is 12.8 Å². The van der Waals surface area contributed by atoms with Crippen molar-refractivity contribution in [3.05, 3.63) is 28.2 Å². The predicted octanol–water partition coefficient (Wildman–Crippen LogP) is 3.26. The number of benzene rings is 1. The second-order valence-electron chi connectivity index (χ2n) is 5.15. The Morgan fingerprint density at radius 3 is 2.90 bits per heavy atom. The smallest absolute Gasteiger partial charge is 0.227 e. The van der Waals surface area contributed by atoms with Crippen LogP contribution in [0, 0.1) is 5.92 Å². The molecular formula is C15H18Cl2N2O2. The Hall–Kier alpha value is -1.26. The lowest BCUT2D eigenvalue weighted by Gasteiger charge is -2.18. The molecule has 1 atom stereocenters. The van der Waals surface area contributed by atoms with E-state index in [1.54, 1.807) is 18.2 Å². The van der Waals surface area contributed by atoms with Crippen LogP contribution in [0.1, 0.15) is 26.2 Å². The zero-order valence-electron chi connectivity index (χ0n) is 11.9. The lowest BCUT2D eigenvalue weighted by molar-refractivity contribution is -0.126. The minimum Gasteiger partial charge on any atom is -0.356 e. The fourth-order valence-corrected chi connectivity index (χ4v) is 2.73. The first-order valence-electron chi connectivity index (χ1n) is 7.06. The van der Waals surface area contributed by atoms with E-state index in [2.05, 4.69) is 12.2 Å². The van der Waals surface area contributed by atoms with Gasteiger partial charge in [-0.3, -0.25) is 9.59 Å². The molecule has 114 valence electrons. The summed E-state index contributed by atoms with van der Waals surface area (Å²) < 4.78 is 0. The van der Waals surface area contributed by atoms with Crippen molar-refractivity contribution in [1.29, 1.82) is 0 Å². The number of nitrogens with one attached hydrogen (secondary N) is 1. The Balaban J connectivity index is 2.05. The van der Waals surface area contributed by atoms with Crippen molar-refractivity contribution in [3.63, 3.8) is 0 Å². The molecule has 1 fully saturated rings. The Labute approximate surface area is 134 Å². The van der Waals surface area contributed by atoms with Gasteiger partial charge in [0.05, 0.1) is 16.6 Å². The number of rotatable bonds is 5. The third kappa shape index (κ3) is 3.89. The number of anilines is 1. The lowest BCUT2D eigenvalue weighted by Crippen LogP contribution is -2.33. The molecule has 1 unspecified atom stereocenters. The van der Waals surface area contributed by atoms with Gasteiger partial charge in [-0.05, 0) is 24.6 Å². The maximum Gasteiger partial charge on any atom is 0.227 e. The standard InChI is InChI=1S/C15H18Cl2N2O2/c1-2-3-6-18-15(21)10-7-14(20)19(9-10)13-8-11(16)4-5-12(13)17/h4-5,8,10H,2-3,6-7,9H2,1H3,(H,18,21). The summed E-state index contributed by atoms with van der Waals surface area (Å²) in [5.74, 6) is -0.503. The van der Waals surface area contributed by atoms with Crippen LogP contribution in [-0.4, -0.2) is 24.9 Å². The zero-order chi connectivity index (χ0) is 15.4. The van der Waals surface area contributed by atoms with Gasteiger partial charge in [0.2, 0.25) is 11.8 Å². The summed E-state index contributed by atoms with van der Waals surface area (Å²) in [5, 5.41) is 3.84. The number of carbonyl (C=O) groups excluding carboxylic acids is 2. The molecule has 1 saturated heterocycles. The van der Waals surface area contributed by atoms with Gasteiger partial charge in [0, 0.05) is 24.5 Å². The molecular weight excluding hydrogens is 311 g/mol. The molecule has 4 nitrogen and oxygen atoms in total. The molecule has 0 radical (unpaired) electrons. The first kappa shape index (κ1) is 16.1. The maximum absolute atomic E-state index is 12.1. The van der Waals surface area contributed by atoms with Crippen molar-refractivity contribution in [2.24, 2.45) is 5.92 Å². The van der Waals surface area contributed by atoms with Crippen LogP contribution in [0.5, 0.6) is 0 Å². The minimum absolute atomic E-state index is 0.0718. The van der Waals surface area contributed by atoms with Crippen molar-refractivity contribution >= 4 is 40.7 Å².